The summed E-state index contributed by atoms with van der Waals surface area (Å²) in [6.07, 6.45) is 7.63. The summed E-state index contributed by atoms with van der Waals surface area (Å²) in [5.41, 5.74) is 0. The standard InChI is InChI=1S/C7H8N2/c8-6-7-4-2-1-3-5-9-7/h2,4-5,7H,1,3H2/t7-/m1/s1. The minimum absolute atomic E-state index is 0.229. The molecule has 1 heterocycles. The quantitative estimate of drug-likeness (QED) is 0.444. The van der Waals surface area contributed by atoms with Gasteiger partial charge in [0.25, 0.3) is 0 Å². The summed E-state index contributed by atoms with van der Waals surface area (Å²) in [5, 5.41) is 8.40. The summed E-state index contributed by atoms with van der Waals surface area (Å²) in [7, 11) is 0. The van der Waals surface area contributed by atoms with Gasteiger partial charge in [-0.3, -0.25) is 4.99 Å². The Hall–Kier alpha value is -1.10. The van der Waals surface area contributed by atoms with Crippen LogP contribution in [0, 0.1) is 11.3 Å². The Bertz CT molecular complexity index is 160. The van der Waals surface area contributed by atoms with Crippen LogP contribution in [-0.4, -0.2) is 12.3 Å². The zero-order chi connectivity index (χ0) is 6.53. The predicted molar refractivity (Wildman–Crippen MR) is 36.3 cm³/mol. The van der Waals surface area contributed by atoms with Crippen LogP contribution in [0.25, 0.3) is 0 Å². The highest BCUT2D eigenvalue weighted by Gasteiger charge is 1.97. The number of hydrogen-bond donors (Lipinski definition) is 0. The van der Waals surface area contributed by atoms with Gasteiger partial charge in [-0.2, -0.15) is 5.26 Å². The zero-order valence-corrected chi connectivity index (χ0v) is 5.12. The molecule has 0 aromatic rings. The SMILES string of the molecule is N#C[C@H]1C=CCCC=N1. The molecule has 0 aliphatic carbocycles. The van der Waals surface area contributed by atoms with Crippen LogP contribution in [0.5, 0.6) is 0 Å². The number of allylic oxidation sites excluding steroid dienone is 1. The molecule has 0 unspecified atom stereocenters. The van der Waals surface area contributed by atoms with Gasteiger partial charge in [-0.05, 0) is 18.9 Å². The molecular formula is C7H8N2. The molecule has 1 aliphatic heterocycles. The number of hydrogen-bond acceptors (Lipinski definition) is 2. The molecule has 0 spiro atoms. The predicted octanol–water partition coefficient (Wildman–Crippen LogP) is 1.30. The van der Waals surface area contributed by atoms with E-state index in [1.807, 2.05) is 18.4 Å². The zero-order valence-electron chi connectivity index (χ0n) is 5.12. The van der Waals surface area contributed by atoms with Crippen molar-refractivity contribution in [3.05, 3.63) is 12.2 Å². The molecule has 0 aromatic carbocycles. The third-order valence-corrected chi connectivity index (χ3v) is 1.18. The Balaban J connectivity index is 2.61. The molecule has 0 radical (unpaired) electrons. The second-order valence-electron chi connectivity index (χ2n) is 1.91. The largest absolute Gasteiger partial charge is 0.275 e. The fourth-order valence-electron chi connectivity index (χ4n) is 0.710. The molecule has 0 amide bonds. The van der Waals surface area contributed by atoms with Gasteiger partial charge in [-0.1, -0.05) is 6.08 Å². The molecule has 0 fully saturated rings. The van der Waals surface area contributed by atoms with Crippen molar-refractivity contribution in [2.24, 2.45) is 4.99 Å². The van der Waals surface area contributed by atoms with Crippen LogP contribution < -0.4 is 0 Å². The van der Waals surface area contributed by atoms with Gasteiger partial charge in [0.05, 0.1) is 6.07 Å². The maximum absolute atomic E-state index is 8.40. The van der Waals surface area contributed by atoms with Crippen molar-refractivity contribution in [1.29, 1.82) is 5.26 Å². The lowest BCUT2D eigenvalue weighted by molar-refractivity contribution is 1.05. The van der Waals surface area contributed by atoms with Gasteiger partial charge in [-0.15, -0.1) is 0 Å². The summed E-state index contributed by atoms with van der Waals surface area (Å²) < 4.78 is 0. The van der Waals surface area contributed by atoms with Gasteiger partial charge < -0.3 is 0 Å². The van der Waals surface area contributed by atoms with Crippen molar-refractivity contribution >= 4 is 6.21 Å². The van der Waals surface area contributed by atoms with E-state index in [0.29, 0.717) is 0 Å². The van der Waals surface area contributed by atoms with E-state index < -0.39 is 0 Å². The van der Waals surface area contributed by atoms with E-state index in [2.05, 4.69) is 11.1 Å². The van der Waals surface area contributed by atoms with Crippen molar-refractivity contribution in [3.8, 4) is 6.07 Å². The molecule has 0 bridgehead atoms. The van der Waals surface area contributed by atoms with E-state index in [4.69, 9.17) is 5.26 Å². The van der Waals surface area contributed by atoms with E-state index in [0.717, 1.165) is 12.8 Å². The van der Waals surface area contributed by atoms with Crippen molar-refractivity contribution < 1.29 is 0 Å². The summed E-state index contributed by atoms with van der Waals surface area (Å²) in [6.45, 7) is 0. The molecule has 0 saturated heterocycles. The minimum atomic E-state index is -0.229. The molecule has 2 heteroatoms. The fourth-order valence-corrected chi connectivity index (χ4v) is 0.710. The highest BCUT2D eigenvalue weighted by Crippen LogP contribution is 1.99. The maximum atomic E-state index is 8.40. The van der Waals surface area contributed by atoms with Gasteiger partial charge in [0.1, 0.15) is 0 Å². The van der Waals surface area contributed by atoms with E-state index in [9.17, 15) is 0 Å². The Kier molecular flexibility index (Phi) is 2.03. The molecule has 9 heavy (non-hydrogen) atoms. The van der Waals surface area contributed by atoms with E-state index >= 15 is 0 Å². The third kappa shape index (κ3) is 1.69. The Labute approximate surface area is 54.5 Å². The fraction of sp³-hybridized carbons (Fsp3) is 0.429. The molecule has 1 atom stereocenters. The number of rotatable bonds is 0. The molecule has 0 saturated carbocycles. The van der Waals surface area contributed by atoms with Gasteiger partial charge >= 0.3 is 0 Å². The lowest BCUT2D eigenvalue weighted by Crippen LogP contribution is -1.92. The normalized spacial score (nSPS) is 25.0. The van der Waals surface area contributed by atoms with E-state index in [-0.39, 0.29) is 6.04 Å². The molecule has 46 valence electrons. The lowest BCUT2D eigenvalue weighted by Gasteiger charge is -1.87. The van der Waals surface area contributed by atoms with E-state index in [1.165, 1.54) is 0 Å². The highest BCUT2D eigenvalue weighted by atomic mass is 14.8. The highest BCUT2D eigenvalue weighted by molar-refractivity contribution is 5.59. The molecule has 0 aromatic heterocycles. The summed E-state index contributed by atoms with van der Waals surface area (Å²) in [4.78, 5) is 3.97. The second kappa shape index (κ2) is 3.03. The number of nitriles is 1. The summed E-state index contributed by atoms with van der Waals surface area (Å²) in [5.74, 6) is 0. The minimum Gasteiger partial charge on any atom is -0.275 e. The first-order chi connectivity index (χ1) is 4.43. The number of nitrogens with zero attached hydrogens (tertiary/aromatic N) is 2. The van der Waals surface area contributed by atoms with Crippen molar-refractivity contribution in [3.63, 3.8) is 0 Å². The second-order valence-corrected chi connectivity index (χ2v) is 1.91. The van der Waals surface area contributed by atoms with Crippen LogP contribution in [0.1, 0.15) is 12.8 Å². The Morgan fingerprint density at radius 2 is 2.44 bits per heavy atom. The third-order valence-electron chi connectivity index (χ3n) is 1.18. The van der Waals surface area contributed by atoms with Gasteiger partial charge in [0, 0.05) is 6.21 Å². The molecule has 2 nitrogen and oxygen atoms in total. The summed E-state index contributed by atoms with van der Waals surface area (Å²) >= 11 is 0. The first kappa shape index (κ1) is 6.03. The van der Waals surface area contributed by atoms with Crippen molar-refractivity contribution in [1.82, 2.24) is 0 Å². The number of aliphatic imine (C=N–C) groups is 1. The van der Waals surface area contributed by atoms with Crippen LogP contribution in [-0.2, 0) is 0 Å². The molecule has 1 rings (SSSR count). The molecular weight excluding hydrogens is 112 g/mol. The Morgan fingerprint density at radius 3 is 3.22 bits per heavy atom. The topological polar surface area (TPSA) is 36.1 Å². The van der Waals surface area contributed by atoms with Gasteiger partial charge in [0.2, 0.25) is 0 Å². The van der Waals surface area contributed by atoms with Crippen LogP contribution in [0.2, 0.25) is 0 Å². The smallest absolute Gasteiger partial charge is 0.154 e. The molecule has 1 aliphatic rings. The van der Waals surface area contributed by atoms with Crippen molar-refractivity contribution in [2.75, 3.05) is 0 Å². The first-order valence-electron chi connectivity index (χ1n) is 3.01. The van der Waals surface area contributed by atoms with Gasteiger partial charge in [0.15, 0.2) is 6.04 Å². The van der Waals surface area contributed by atoms with Crippen LogP contribution in [0.3, 0.4) is 0 Å². The monoisotopic (exact) mass is 120 g/mol. The van der Waals surface area contributed by atoms with E-state index in [1.54, 1.807) is 0 Å². The molecule has 0 N–H and O–H groups in total. The van der Waals surface area contributed by atoms with Crippen molar-refractivity contribution in [2.45, 2.75) is 18.9 Å². The lowest BCUT2D eigenvalue weighted by atomic mass is 10.3. The van der Waals surface area contributed by atoms with Crippen LogP contribution in [0.4, 0.5) is 0 Å². The Morgan fingerprint density at radius 1 is 1.56 bits per heavy atom. The van der Waals surface area contributed by atoms with Crippen LogP contribution in [0.15, 0.2) is 17.1 Å². The van der Waals surface area contributed by atoms with Gasteiger partial charge in [-0.25, -0.2) is 0 Å². The maximum Gasteiger partial charge on any atom is 0.154 e. The average Bonchev–Trinajstić information content (AvgIpc) is 2.13. The summed E-state index contributed by atoms with van der Waals surface area (Å²) in [6, 6.07) is 1.83. The van der Waals surface area contributed by atoms with Crippen LogP contribution >= 0.6 is 0 Å². The average molecular weight is 120 g/mol. The first-order valence-corrected chi connectivity index (χ1v) is 3.01.